The number of likely N-dealkylation sites (N-methyl/N-ethyl adjacent to an activating group) is 1. The van der Waals surface area contributed by atoms with Gasteiger partial charge in [0.1, 0.15) is 5.82 Å². The molecule has 0 amide bonds. The Kier molecular flexibility index (Phi) is 4.63. The minimum absolute atomic E-state index is 0.289. The highest BCUT2D eigenvalue weighted by molar-refractivity contribution is 5.28. The third-order valence-electron chi connectivity index (χ3n) is 3.35. The van der Waals surface area contributed by atoms with Crippen LogP contribution in [0.4, 0.5) is 17.6 Å². The van der Waals surface area contributed by atoms with Gasteiger partial charge in [-0.3, -0.25) is 0 Å². The summed E-state index contributed by atoms with van der Waals surface area (Å²) >= 11 is 0. The molecule has 0 heterocycles. The lowest BCUT2D eigenvalue weighted by Crippen LogP contribution is -2.20. The molecule has 0 aliphatic heterocycles. The molecule has 2 aromatic carbocycles. The molecule has 0 bridgehead atoms. The van der Waals surface area contributed by atoms with E-state index in [1.165, 1.54) is 18.2 Å². The van der Waals surface area contributed by atoms with Gasteiger partial charge < -0.3 is 5.32 Å². The number of benzene rings is 2. The largest absolute Gasteiger partial charge is 0.416 e. The van der Waals surface area contributed by atoms with E-state index in [2.05, 4.69) is 5.32 Å². The molecule has 0 saturated heterocycles. The van der Waals surface area contributed by atoms with Gasteiger partial charge >= 0.3 is 6.18 Å². The molecule has 0 aliphatic carbocycles. The molecular formula is C16H15F4N. The number of nitrogens with one attached hydrogen (secondary N) is 1. The predicted molar refractivity (Wildman–Crippen MR) is 73.3 cm³/mol. The lowest BCUT2D eigenvalue weighted by Gasteiger charge is -2.18. The highest BCUT2D eigenvalue weighted by Crippen LogP contribution is 2.30. The lowest BCUT2D eigenvalue weighted by atomic mass is 9.98. The van der Waals surface area contributed by atoms with E-state index in [0.717, 1.165) is 12.1 Å². The van der Waals surface area contributed by atoms with E-state index in [1.807, 2.05) is 0 Å². The van der Waals surface area contributed by atoms with Crippen LogP contribution >= 0.6 is 0 Å². The number of alkyl halides is 3. The van der Waals surface area contributed by atoms with Crippen LogP contribution in [-0.2, 0) is 12.6 Å². The van der Waals surface area contributed by atoms with Crippen LogP contribution in [0.5, 0.6) is 0 Å². The average Bonchev–Trinajstić information content (AvgIpc) is 2.45. The smallest absolute Gasteiger partial charge is 0.313 e. The highest BCUT2D eigenvalue weighted by atomic mass is 19.4. The van der Waals surface area contributed by atoms with Crippen LogP contribution in [0.15, 0.2) is 48.5 Å². The van der Waals surface area contributed by atoms with Gasteiger partial charge in [-0.15, -0.1) is 0 Å². The fraction of sp³-hybridized carbons (Fsp3) is 0.250. The summed E-state index contributed by atoms with van der Waals surface area (Å²) in [6, 6.07) is 11.0. The van der Waals surface area contributed by atoms with E-state index < -0.39 is 11.7 Å². The maximum atomic E-state index is 13.8. The standard InChI is InChI=1S/C16H15F4N/c1-21-15(13-4-2-3-5-14(13)17)10-11-6-8-12(9-7-11)16(18,19)20/h2-9,15,21H,10H2,1H3. The SMILES string of the molecule is CNC(Cc1ccc(C(F)(F)F)cc1)c1ccccc1F. The average molecular weight is 297 g/mol. The van der Waals surface area contributed by atoms with E-state index in [1.54, 1.807) is 25.2 Å². The van der Waals surface area contributed by atoms with Gasteiger partial charge in [-0.2, -0.15) is 13.2 Å². The predicted octanol–water partition coefficient (Wildman–Crippen LogP) is 4.35. The molecule has 2 rings (SSSR count). The summed E-state index contributed by atoms with van der Waals surface area (Å²) in [4.78, 5) is 0. The Hall–Kier alpha value is -1.88. The van der Waals surface area contributed by atoms with E-state index in [4.69, 9.17) is 0 Å². The zero-order valence-electron chi connectivity index (χ0n) is 11.4. The first kappa shape index (κ1) is 15.5. The lowest BCUT2D eigenvalue weighted by molar-refractivity contribution is -0.137. The minimum atomic E-state index is -4.34. The normalized spacial score (nSPS) is 13.2. The van der Waals surface area contributed by atoms with Crippen LogP contribution in [0.2, 0.25) is 0 Å². The second-order valence-corrected chi connectivity index (χ2v) is 4.76. The molecule has 1 unspecified atom stereocenters. The summed E-state index contributed by atoms with van der Waals surface area (Å²) < 4.78 is 51.3. The summed E-state index contributed by atoms with van der Waals surface area (Å²) in [6.07, 6.45) is -3.93. The van der Waals surface area contributed by atoms with Crippen LogP contribution in [0.3, 0.4) is 0 Å². The van der Waals surface area contributed by atoms with Crippen LogP contribution in [0, 0.1) is 5.82 Å². The first-order chi connectivity index (χ1) is 9.91. The van der Waals surface area contributed by atoms with Gasteiger partial charge in [-0.05, 0) is 37.2 Å². The van der Waals surface area contributed by atoms with Crippen molar-refractivity contribution in [3.05, 3.63) is 71.0 Å². The first-order valence-electron chi connectivity index (χ1n) is 6.49. The van der Waals surface area contributed by atoms with Crippen molar-refractivity contribution < 1.29 is 17.6 Å². The van der Waals surface area contributed by atoms with Gasteiger partial charge in [0.2, 0.25) is 0 Å². The van der Waals surface area contributed by atoms with Gasteiger partial charge in [0.25, 0.3) is 0 Å². The Morgan fingerprint density at radius 1 is 1.00 bits per heavy atom. The van der Waals surface area contributed by atoms with Crippen molar-refractivity contribution in [1.29, 1.82) is 0 Å². The fourth-order valence-electron chi connectivity index (χ4n) is 2.19. The Bertz CT molecular complexity index is 590. The number of halogens is 4. The molecule has 0 saturated carbocycles. The fourth-order valence-corrected chi connectivity index (χ4v) is 2.19. The molecule has 0 fully saturated rings. The van der Waals surface area contributed by atoms with Crippen molar-refractivity contribution in [1.82, 2.24) is 5.32 Å². The summed E-state index contributed by atoms with van der Waals surface area (Å²) in [5.41, 5.74) is 0.531. The molecule has 21 heavy (non-hydrogen) atoms. The van der Waals surface area contributed by atoms with Crippen molar-refractivity contribution in [2.45, 2.75) is 18.6 Å². The van der Waals surface area contributed by atoms with E-state index >= 15 is 0 Å². The molecule has 1 nitrogen and oxygen atoms in total. The van der Waals surface area contributed by atoms with Gasteiger partial charge in [0, 0.05) is 11.6 Å². The maximum absolute atomic E-state index is 13.8. The van der Waals surface area contributed by atoms with Gasteiger partial charge in [-0.25, -0.2) is 4.39 Å². The second-order valence-electron chi connectivity index (χ2n) is 4.76. The second kappa shape index (κ2) is 6.26. The number of hydrogen-bond acceptors (Lipinski definition) is 1. The van der Waals surface area contributed by atoms with Crippen molar-refractivity contribution in [3.63, 3.8) is 0 Å². The molecular weight excluding hydrogens is 282 g/mol. The quantitative estimate of drug-likeness (QED) is 0.827. The Morgan fingerprint density at radius 3 is 2.14 bits per heavy atom. The summed E-state index contributed by atoms with van der Waals surface area (Å²) in [7, 11) is 1.70. The molecule has 0 radical (unpaired) electrons. The minimum Gasteiger partial charge on any atom is -0.313 e. The Morgan fingerprint density at radius 2 is 1.62 bits per heavy atom. The topological polar surface area (TPSA) is 12.0 Å². The molecule has 0 spiro atoms. The molecule has 1 N–H and O–H groups in total. The zero-order valence-corrected chi connectivity index (χ0v) is 11.4. The summed E-state index contributed by atoms with van der Waals surface area (Å²) in [5.74, 6) is -0.330. The van der Waals surface area contributed by atoms with Crippen molar-refractivity contribution in [3.8, 4) is 0 Å². The molecule has 112 valence electrons. The third kappa shape index (κ3) is 3.82. The van der Waals surface area contributed by atoms with Crippen molar-refractivity contribution in [2.24, 2.45) is 0 Å². The zero-order chi connectivity index (χ0) is 15.5. The Balaban J connectivity index is 2.18. The summed E-state index contributed by atoms with van der Waals surface area (Å²) in [5, 5.41) is 2.99. The molecule has 1 atom stereocenters. The van der Waals surface area contributed by atoms with Crippen LogP contribution < -0.4 is 5.32 Å². The molecule has 2 aromatic rings. The van der Waals surface area contributed by atoms with E-state index in [0.29, 0.717) is 17.5 Å². The summed E-state index contributed by atoms with van der Waals surface area (Å²) in [6.45, 7) is 0. The van der Waals surface area contributed by atoms with E-state index in [-0.39, 0.29) is 11.9 Å². The monoisotopic (exact) mass is 297 g/mol. The van der Waals surface area contributed by atoms with Crippen molar-refractivity contribution >= 4 is 0 Å². The number of rotatable bonds is 4. The third-order valence-corrected chi connectivity index (χ3v) is 3.35. The number of hydrogen-bond donors (Lipinski definition) is 1. The van der Waals surface area contributed by atoms with Crippen LogP contribution in [0.25, 0.3) is 0 Å². The first-order valence-corrected chi connectivity index (χ1v) is 6.49. The molecule has 0 aromatic heterocycles. The van der Waals surface area contributed by atoms with Gasteiger partial charge in [-0.1, -0.05) is 30.3 Å². The van der Waals surface area contributed by atoms with Gasteiger partial charge in [0.05, 0.1) is 5.56 Å². The highest BCUT2D eigenvalue weighted by Gasteiger charge is 2.30. The maximum Gasteiger partial charge on any atom is 0.416 e. The van der Waals surface area contributed by atoms with Crippen LogP contribution in [-0.4, -0.2) is 7.05 Å². The van der Waals surface area contributed by atoms with Crippen molar-refractivity contribution in [2.75, 3.05) is 7.05 Å². The van der Waals surface area contributed by atoms with Gasteiger partial charge in [0.15, 0.2) is 0 Å². The van der Waals surface area contributed by atoms with E-state index in [9.17, 15) is 17.6 Å². The Labute approximate surface area is 120 Å². The molecule has 5 heteroatoms. The molecule has 0 aliphatic rings. The van der Waals surface area contributed by atoms with Crippen LogP contribution in [0.1, 0.15) is 22.7 Å².